The Kier molecular flexibility index (Phi) is 4.29. The lowest BCUT2D eigenvalue weighted by molar-refractivity contribution is 0.414. The predicted octanol–water partition coefficient (Wildman–Crippen LogP) is 2.37. The first-order chi connectivity index (χ1) is 11.4. The number of sulfonamides is 1. The number of benzene rings is 2. The van der Waals surface area contributed by atoms with Crippen molar-refractivity contribution in [2.45, 2.75) is 18.4 Å². The van der Waals surface area contributed by atoms with Gasteiger partial charge in [0.1, 0.15) is 11.6 Å². The number of fused-ring (bicyclic) bond motifs is 1. The van der Waals surface area contributed by atoms with Crippen LogP contribution in [0.25, 0.3) is 11.0 Å². The maximum absolute atomic E-state index is 12.4. The average molecular weight is 345 g/mol. The topological polar surface area (TPSA) is 73.2 Å². The molecule has 0 aliphatic rings. The van der Waals surface area contributed by atoms with Gasteiger partial charge in [0.15, 0.2) is 0 Å². The molecule has 1 heterocycles. The summed E-state index contributed by atoms with van der Waals surface area (Å²) in [6.45, 7) is 2.14. The van der Waals surface area contributed by atoms with Crippen molar-refractivity contribution in [3.05, 3.63) is 53.9 Å². The third kappa shape index (κ3) is 3.13. The van der Waals surface area contributed by atoms with Crippen LogP contribution in [0.1, 0.15) is 11.4 Å². The molecule has 0 aliphatic heterocycles. The van der Waals surface area contributed by atoms with Crippen LogP contribution in [0.5, 0.6) is 5.75 Å². The Morgan fingerprint density at radius 1 is 1.17 bits per heavy atom. The van der Waals surface area contributed by atoms with Crippen LogP contribution in [0.3, 0.4) is 0 Å². The zero-order valence-electron chi connectivity index (χ0n) is 13.8. The van der Waals surface area contributed by atoms with E-state index in [1.807, 2.05) is 36.7 Å². The van der Waals surface area contributed by atoms with E-state index in [0.717, 1.165) is 22.4 Å². The van der Waals surface area contributed by atoms with Crippen molar-refractivity contribution in [2.75, 3.05) is 7.11 Å². The summed E-state index contributed by atoms with van der Waals surface area (Å²) < 4.78 is 34.4. The molecule has 1 N–H and O–H groups in total. The second-order valence-corrected chi connectivity index (χ2v) is 7.31. The minimum atomic E-state index is -3.57. The molecular formula is C17H19N3O3S. The standard InChI is InChI=1S/C17H19N3O3S/c1-12-19-16-10-13(4-9-17(16)20(12)2)11-18-24(21,22)15-7-5-14(23-3)6-8-15/h4-10,18H,11H2,1-3H3. The Balaban J connectivity index is 1.78. The van der Waals surface area contributed by atoms with Gasteiger partial charge in [-0.2, -0.15) is 0 Å². The van der Waals surface area contributed by atoms with Gasteiger partial charge >= 0.3 is 0 Å². The molecule has 0 aliphatic carbocycles. The van der Waals surface area contributed by atoms with Gasteiger partial charge < -0.3 is 9.30 Å². The summed E-state index contributed by atoms with van der Waals surface area (Å²) in [5.74, 6) is 1.53. The smallest absolute Gasteiger partial charge is 0.240 e. The maximum Gasteiger partial charge on any atom is 0.240 e. The zero-order chi connectivity index (χ0) is 17.3. The number of nitrogens with zero attached hydrogens (tertiary/aromatic N) is 2. The first kappa shape index (κ1) is 16.5. The molecule has 2 aromatic carbocycles. The third-order valence-corrected chi connectivity index (χ3v) is 5.42. The molecule has 0 saturated carbocycles. The number of hydrogen-bond donors (Lipinski definition) is 1. The van der Waals surface area contributed by atoms with Crippen molar-refractivity contribution < 1.29 is 13.2 Å². The summed E-state index contributed by atoms with van der Waals surface area (Å²) in [6, 6.07) is 12.0. The normalized spacial score (nSPS) is 11.8. The summed E-state index contributed by atoms with van der Waals surface area (Å²) in [4.78, 5) is 4.67. The predicted molar refractivity (Wildman–Crippen MR) is 92.5 cm³/mol. The maximum atomic E-state index is 12.4. The van der Waals surface area contributed by atoms with Crippen LogP contribution in [-0.4, -0.2) is 25.1 Å². The van der Waals surface area contributed by atoms with E-state index in [2.05, 4.69) is 9.71 Å². The molecule has 1 aromatic heterocycles. The van der Waals surface area contributed by atoms with Crippen LogP contribution in [0.15, 0.2) is 47.4 Å². The van der Waals surface area contributed by atoms with Crippen molar-refractivity contribution >= 4 is 21.1 Å². The monoisotopic (exact) mass is 345 g/mol. The van der Waals surface area contributed by atoms with Gasteiger partial charge in [-0.3, -0.25) is 0 Å². The van der Waals surface area contributed by atoms with Crippen molar-refractivity contribution in [1.82, 2.24) is 14.3 Å². The van der Waals surface area contributed by atoms with Crippen molar-refractivity contribution in [1.29, 1.82) is 0 Å². The van der Waals surface area contributed by atoms with Crippen LogP contribution in [0.2, 0.25) is 0 Å². The first-order valence-electron chi connectivity index (χ1n) is 7.46. The van der Waals surface area contributed by atoms with Crippen LogP contribution >= 0.6 is 0 Å². The van der Waals surface area contributed by atoms with Crippen LogP contribution in [0.4, 0.5) is 0 Å². The third-order valence-electron chi connectivity index (χ3n) is 4.00. The van der Waals surface area contributed by atoms with Gasteiger partial charge in [-0.25, -0.2) is 18.1 Å². The molecule has 126 valence electrons. The van der Waals surface area contributed by atoms with Crippen LogP contribution < -0.4 is 9.46 Å². The molecule has 3 rings (SSSR count). The van der Waals surface area contributed by atoms with Gasteiger partial charge in [-0.1, -0.05) is 6.07 Å². The molecule has 0 bridgehead atoms. The van der Waals surface area contributed by atoms with Gasteiger partial charge in [0.05, 0.1) is 23.0 Å². The Hall–Kier alpha value is -2.38. The lowest BCUT2D eigenvalue weighted by Gasteiger charge is -2.08. The average Bonchev–Trinajstić information content (AvgIpc) is 2.87. The Morgan fingerprint density at radius 2 is 1.88 bits per heavy atom. The fraction of sp³-hybridized carbons (Fsp3) is 0.235. The molecule has 0 fully saturated rings. The van der Waals surface area contributed by atoms with E-state index in [9.17, 15) is 8.42 Å². The Labute approximate surface area is 141 Å². The van der Waals surface area contributed by atoms with Crippen LogP contribution in [0, 0.1) is 6.92 Å². The van der Waals surface area contributed by atoms with Gasteiger partial charge in [-0.05, 0) is 48.9 Å². The summed E-state index contributed by atoms with van der Waals surface area (Å²) >= 11 is 0. The summed E-state index contributed by atoms with van der Waals surface area (Å²) in [6.07, 6.45) is 0. The number of hydrogen-bond acceptors (Lipinski definition) is 4. The lowest BCUT2D eigenvalue weighted by atomic mass is 10.2. The van der Waals surface area contributed by atoms with E-state index in [4.69, 9.17) is 4.74 Å². The minimum absolute atomic E-state index is 0.207. The largest absolute Gasteiger partial charge is 0.497 e. The fourth-order valence-electron chi connectivity index (χ4n) is 2.49. The summed E-state index contributed by atoms with van der Waals surface area (Å²) in [5.41, 5.74) is 2.74. The number of ether oxygens (including phenoxy) is 1. The number of nitrogens with one attached hydrogen (secondary N) is 1. The highest BCUT2D eigenvalue weighted by atomic mass is 32.2. The molecule has 6 nitrogen and oxygen atoms in total. The number of aromatic nitrogens is 2. The van der Waals surface area contributed by atoms with E-state index in [0.29, 0.717) is 5.75 Å². The SMILES string of the molecule is COc1ccc(S(=O)(=O)NCc2ccc3c(c2)nc(C)n3C)cc1. The van der Waals surface area contributed by atoms with E-state index in [1.165, 1.54) is 19.2 Å². The van der Waals surface area contributed by atoms with Crippen molar-refractivity contribution in [2.24, 2.45) is 7.05 Å². The second kappa shape index (κ2) is 6.26. The summed E-state index contributed by atoms with van der Waals surface area (Å²) in [5, 5.41) is 0. The number of rotatable bonds is 5. The minimum Gasteiger partial charge on any atom is -0.497 e. The van der Waals surface area contributed by atoms with Crippen molar-refractivity contribution in [3.8, 4) is 5.75 Å². The molecule has 0 spiro atoms. The molecule has 0 saturated heterocycles. The number of methoxy groups -OCH3 is 1. The number of imidazole rings is 1. The Morgan fingerprint density at radius 3 is 2.54 bits per heavy atom. The summed E-state index contributed by atoms with van der Waals surface area (Å²) in [7, 11) is -0.0769. The first-order valence-corrected chi connectivity index (χ1v) is 8.95. The number of aryl methyl sites for hydroxylation is 2. The van der Waals surface area contributed by atoms with E-state index in [-0.39, 0.29) is 11.4 Å². The molecule has 0 unspecified atom stereocenters. The van der Waals surface area contributed by atoms with Crippen molar-refractivity contribution in [3.63, 3.8) is 0 Å². The highest BCUT2D eigenvalue weighted by Gasteiger charge is 2.14. The second-order valence-electron chi connectivity index (χ2n) is 5.54. The molecule has 7 heteroatoms. The Bertz CT molecular complexity index is 976. The highest BCUT2D eigenvalue weighted by molar-refractivity contribution is 7.89. The highest BCUT2D eigenvalue weighted by Crippen LogP contribution is 2.18. The van der Waals surface area contributed by atoms with E-state index >= 15 is 0 Å². The van der Waals surface area contributed by atoms with Gasteiger partial charge in [0.2, 0.25) is 10.0 Å². The quantitative estimate of drug-likeness (QED) is 0.770. The zero-order valence-corrected chi connectivity index (χ0v) is 14.6. The van der Waals surface area contributed by atoms with Gasteiger partial charge in [-0.15, -0.1) is 0 Å². The fourth-order valence-corrected chi connectivity index (χ4v) is 3.51. The molecular weight excluding hydrogens is 326 g/mol. The van der Waals surface area contributed by atoms with E-state index in [1.54, 1.807) is 12.1 Å². The molecule has 0 radical (unpaired) electrons. The lowest BCUT2D eigenvalue weighted by Crippen LogP contribution is -2.23. The van der Waals surface area contributed by atoms with Gasteiger partial charge in [0.25, 0.3) is 0 Å². The molecule has 0 amide bonds. The van der Waals surface area contributed by atoms with E-state index < -0.39 is 10.0 Å². The van der Waals surface area contributed by atoms with Gasteiger partial charge in [0, 0.05) is 13.6 Å². The molecule has 0 atom stereocenters. The molecule has 24 heavy (non-hydrogen) atoms. The van der Waals surface area contributed by atoms with Crippen LogP contribution in [-0.2, 0) is 23.6 Å². The molecule has 3 aromatic rings.